The molecule has 0 spiro atoms. The van der Waals surface area contributed by atoms with Gasteiger partial charge in [0.2, 0.25) is 0 Å². The third-order valence-electron chi connectivity index (χ3n) is 2.47. The van der Waals surface area contributed by atoms with Crippen LogP contribution in [0, 0.1) is 0 Å². The Hall–Kier alpha value is -0.380. The molecule has 2 unspecified atom stereocenters. The van der Waals surface area contributed by atoms with Gasteiger partial charge >= 0.3 is 0 Å². The van der Waals surface area contributed by atoms with E-state index in [0.717, 1.165) is 11.3 Å². The third-order valence-corrected chi connectivity index (χ3v) is 3.71. The van der Waals surface area contributed by atoms with Gasteiger partial charge in [-0.15, -0.1) is 23.4 Å². The van der Waals surface area contributed by atoms with Crippen LogP contribution in [0.1, 0.15) is 30.6 Å². The Bertz CT molecular complexity index is 423. The van der Waals surface area contributed by atoms with Crippen LogP contribution in [0.2, 0.25) is 5.02 Å². The Balaban J connectivity index is 2.77. The second-order valence-electron chi connectivity index (χ2n) is 4.24. The molecule has 18 heavy (non-hydrogen) atoms. The van der Waals surface area contributed by atoms with E-state index in [2.05, 4.69) is 5.32 Å². The number of hydrogen-bond acceptors (Lipinski definition) is 2. The Kier molecular flexibility index (Phi) is 6.33. The minimum atomic E-state index is -0.152. The summed E-state index contributed by atoms with van der Waals surface area (Å²) in [6, 6.07) is 5.48. The van der Waals surface area contributed by atoms with E-state index in [0.29, 0.717) is 10.6 Å². The lowest BCUT2D eigenvalue weighted by Crippen LogP contribution is -2.34. The summed E-state index contributed by atoms with van der Waals surface area (Å²) in [4.78, 5) is 13.1. The minimum Gasteiger partial charge on any atom is -0.349 e. The molecule has 0 saturated carbocycles. The molecule has 0 bridgehead atoms. The van der Waals surface area contributed by atoms with Crippen molar-refractivity contribution in [2.45, 2.75) is 36.6 Å². The van der Waals surface area contributed by atoms with Crippen molar-refractivity contribution in [3.05, 3.63) is 28.8 Å². The highest BCUT2D eigenvalue weighted by Crippen LogP contribution is 2.23. The van der Waals surface area contributed by atoms with Crippen molar-refractivity contribution < 1.29 is 4.79 Å². The monoisotopic (exact) mass is 305 g/mol. The van der Waals surface area contributed by atoms with E-state index in [9.17, 15) is 4.79 Å². The highest BCUT2D eigenvalue weighted by molar-refractivity contribution is 7.98. The largest absolute Gasteiger partial charge is 0.349 e. The van der Waals surface area contributed by atoms with Crippen LogP contribution in [0.5, 0.6) is 0 Å². The zero-order valence-electron chi connectivity index (χ0n) is 10.7. The Morgan fingerprint density at radius 3 is 2.67 bits per heavy atom. The Morgan fingerprint density at radius 1 is 1.44 bits per heavy atom. The lowest BCUT2D eigenvalue weighted by atomic mass is 10.1. The van der Waals surface area contributed by atoms with Crippen LogP contribution >= 0.6 is 35.0 Å². The normalized spacial score (nSPS) is 14.1. The number of halogens is 2. The SMILES string of the molecule is CSc1ccc(Cl)c(C(=O)NC(C)CC(C)Cl)c1. The fraction of sp³-hybridized carbons (Fsp3) is 0.462. The zero-order valence-corrected chi connectivity index (χ0v) is 13.0. The van der Waals surface area contributed by atoms with E-state index in [-0.39, 0.29) is 17.3 Å². The zero-order chi connectivity index (χ0) is 13.7. The summed E-state index contributed by atoms with van der Waals surface area (Å²) in [6.07, 6.45) is 2.69. The quantitative estimate of drug-likeness (QED) is 0.652. The Morgan fingerprint density at radius 2 is 2.11 bits per heavy atom. The van der Waals surface area contributed by atoms with Crippen LogP contribution < -0.4 is 5.32 Å². The lowest BCUT2D eigenvalue weighted by Gasteiger charge is -2.15. The molecule has 1 rings (SSSR count). The number of carbonyl (C=O) groups excluding carboxylic acids is 1. The maximum absolute atomic E-state index is 12.1. The van der Waals surface area contributed by atoms with Crippen molar-refractivity contribution >= 4 is 40.9 Å². The van der Waals surface area contributed by atoms with Gasteiger partial charge in [-0.3, -0.25) is 4.79 Å². The summed E-state index contributed by atoms with van der Waals surface area (Å²) in [5, 5.41) is 3.41. The Labute approximate surface area is 122 Å². The first kappa shape index (κ1) is 15.7. The highest BCUT2D eigenvalue weighted by Gasteiger charge is 2.14. The average Bonchev–Trinajstić information content (AvgIpc) is 2.28. The summed E-state index contributed by atoms with van der Waals surface area (Å²) < 4.78 is 0. The predicted molar refractivity (Wildman–Crippen MR) is 80.1 cm³/mol. The van der Waals surface area contributed by atoms with Crippen LogP contribution in [0.4, 0.5) is 0 Å². The minimum absolute atomic E-state index is 0.0269. The van der Waals surface area contributed by atoms with Crippen molar-refractivity contribution in [2.75, 3.05) is 6.26 Å². The number of alkyl halides is 1. The van der Waals surface area contributed by atoms with Gasteiger partial charge < -0.3 is 5.32 Å². The van der Waals surface area contributed by atoms with Gasteiger partial charge in [-0.05, 0) is 44.7 Å². The van der Waals surface area contributed by atoms with Crippen molar-refractivity contribution in [2.24, 2.45) is 0 Å². The van der Waals surface area contributed by atoms with E-state index in [1.54, 1.807) is 23.9 Å². The van der Waals surface area contributed by atoms with Crippen molar-refractivity contribution in [1.82, 2.24) is 5.32 Å². The van der Waals surface area contributed by atoms with E-state index in [1.165, 1.54) is 0 Å². The average molecular weight is 306 g/mol. The summed E-state index contributed by atoms with van der Waals surface area (Å²) in [7, 11) is 0. The van der Waals surface area contributed by atoms with Crippen molar-refractivity contribution in [3.63, 3.8) is 0 Å². The molecule has 0 aromatic heterocycles. The van der Waals surface area contributed by atoms with E-state index in [1.807, 2.05) is 26.2 Å². The standard InChI is InChI=1S/C13H17Cl2NOS/c1-8(14)6-9(2)16-13(17)11-7-10(18-3)4-5-12(11)15/h4-5,7-9H,6H2,1-3H3,(H,16,17). The molecule has 1 aromatic carbocycles. The maximum atomic E-state index is 12.1. The van der Waals surface area contributed by atoms with Crippen LogP contribution in [0.3, 0.4) is 0 Å². The van der Waals surface area contributed by atoms with Crippen LogP contribution in [-0.2, 0) is 0 Å². The number of thioether (sulfide) groups is 1. The van der Waals surface area contributed by atoms with Gasteiger partial charge in [0.15, 0.2) is 0 Å². The number of hydrogen-bond donors (Lipinski definition) is 1. The fourth-order valence-electron chi connectivity index (χ4n) is 1.65. The van der Waals surface area contributed by atoms with Crippen LogP contribution in [0.15, 0.2) is 23.1 Å². The van der Waals surface area contributed by atoms with Gasteiger partial charge in [-0.25, -0.2) is 0 Å². The molecule has 1 N–H and O–H groups in total. The predicted octanol–water partition coefficient (Wildman–Crippen LogP) is 4.20. The first-order valence-corrected chi connectivity index (χ1v) is 7.76. The number of carbonyl (C=O) groups is 1. The van der Waals surface area contributed by atoms with Crippen molar-refractivity contribution in [3.8, 4) is 0 Å². The van der Waals surface area contributed by atoms with Gasteiger partial charge in [-0.2, -0.15) is 0 Å². The molecule has 0 aliphatic rings. The van der Waals surface area contributed by atoms with Gasteiger partial charge in [0.05, 0.1) is 10.6 Å². The molecule has 1 amide bonds. The third kappa shape index (κ3) is 4.71. The molecule has 2 nitrogen and oxygen atoms in total. The molecule has 0 heterocycles. The number of benzene rings is 1. The number of amides is 1. The molecule has 0 saturated heterocycles. The second kappa shape index (κ2) is 7.27. The molecule has 1 aromatic rings. The summed E-state index contributed by atoms with van der Waals surface area (Å²) >= 11 is 13.5. The molecule has 0 aliphatic carbocycles. The number of rotatable bonds is 5. The van der Waals surface area contributed by atoms with Crippen LogP contribution in [-0.4, -0.2) is 23.6 Å². The molecule has 2 atom stereocenters. The molecule has 0 fully saturated rings. The first-order chi connectivity index (χ1) is 8.43. The first-order valence-electron chi connectivity index (χ1n) is 5.72. The van der Waals surface area contributed by atoms with E-state index >= 15 is 0 Å². The van der Waals surface area contributed by atoms with Gasteiger partial charge in [0.25, 0.3) is 5.91 Å². The smallest absolute Gasteiger partial charge is 0.253 e. The van der Waals surface area contributed by atoms with E-state index < -0.39 is 0 Å². The van der Waals surface area contributed by atoms with Crippen LogP contribution in [0.25, 0.3) is 0 Å². The summed E-state index contributed by atoms with van der Waals surface area (Å²) in [5.74, 6) is -0.152. The van der Waals surface area contributed by atoms with Gasteiger partial charge in [0, 0.05) is 16.3 Å². The molecular formula is C13H17Cl2NOS. The second-order valence-corrected chi connectivity index (χ2v) is 6.27. The topological polar surface area (TPSA) is 29.1 Å². The fourth-order valence-corrected chi connectivity index (χ4v) is 2.56. The molecule has 100 valence electrons. The number of nitrogens with one attached hydrogen (secondary N) is 1. The van der Waals surface area contributed by atoms with Crippen molar-refractivity contribution in [1.29, 1.82) is 0 Å². The lowest BCUT2D eigenvalue weighted by molar-refractivity contribution is 0.0938. The molecule has 0 aliphatic heterocycles. The summed E-state index contributed by atoms with van der Waals surface area (Å²) in [5.41, 5.74) is 0.512. The van der Waals surface area contributed by atoms with E-state index in [4.69, 9.17) is 23.2 Å². The maximum Gasteiger partial charge on any atom is 0.253 e. The molecule has 5 heteroatoms. The molecule has 0 radical (unpaired) electrons. The highest BCUT2D eigenvalue weighted by atomic mass is 35.5. The molecular weight excluding hydrogens is 289 g/mol. The van der Waals surface area contributed by atoms with Gasteiger partial charge in [0.1, 0.15) is 0 Å². The van der Waals surface area contributed by atoms with Gasteiger partial charge in [-0.1, -0.05) is 11.6 Å². The summed E-state index contributed by atoms with van der Waals surface area (Å²) in [6.45, 7) is 3.84.